The Hall–Kier alpha value is -1.98. The summed E-state index contributed by atoms with van der Waals surface area (Å²) in [5.74, 6) is -0.774. The van der Waals surface area contributed by atoms with E-state index < -0.39 is 12.1 Å². The quantitative estimate of drug-likeness (QED) is 0.549. The fraction of sp³-hybridized carbons (Fsp3) is 0.400. The molecule has 1 aromatic rings. The van der Waals surface area contributed by atoms with E-state index in [9.17, 15) is 9.59 Å². The van der Waals surface area contributed by atoms with E-state index in [2.05, 4.69) is 14.7 Å². The van der Waals surface area contributed by atoms with E-state index in [1.807, 2.05) is 6.92 Å². The van der Waals surface area contributed by atoms with Crippen molar-refractivity contribution in [3.63, 3.8) is 0 Å². The minimum absolute atomic E-state index is 0.0835. The highest BCUT2D eigenvalue weighted by Gasteiger charge is 2.18. The van der Waals surface area contributed by atoms with Crippen LogP contribution in [0, 0.1) is 0 Å². The van der Waals surface area contributed by atoms with Gasteiger partial charge in [0.2, 0.25) is 0 Å². The van der Waals surface area contributed by atoms with Crippen molar-refractivity contribution >= 4 is 12.1 Å². The summed E-state index contributed by atoms with van der Waals surface area (Å²) in [4.78, 5) is 31.7. The summed E-state index contributed by atoms with van der Waals surface area (Å²) in [6.07, 6.45) is 2.70. The molecule has 0 aliphatic rings. The molecule has 0 aliphatic heterocycles. The first-order valence-electron chi connectivity index (χ1n) is 4.79. The van der Waals surface area contributed by atoms with Gasteiger partial charge in [-0.1, -0.05) is 6.92 Å². The van der Waals surface area contributed by atoms with E-state index in [0.29, 0.717) is 12.1 Å². The number of rotatable bonds is 2. The second kappa shape index (κ2) is 5.20. The van der Waals surface area contributed by atoms with Gasteiger partial charge >= 0.3 is 12.1 Å². The summed E-state index contributed by atoms with van der Waals surface area (Å²) in [6, 6.07) is 0. The number of aromatic nitrogens is 2. The fourth-order valence-electron chi connectivity index (χ4n) is 1.02. The molecular weight excluding hydrogens is 210 g/mol. The third kappa shape index (κ3) is 2.75. The van der Waals surface area contributed by atoms with Crippen molar-refractivity contribution in [2.24, 2.45) is 0 Å². The molecule has 0 aliphatic carbocycles. The molecule has 1 aromatic heterocycles. The van der Waals surface area contributed by atoms with Gasteiger partial charge in [-0.3, -0.25) is 4.98 Å². The first-order chi connectivity index (χ1) is 7.56. The minimum atomic E-state index is -0.774. The highest BCUT2D eigenvalue weighted by Crippen LogP contribution is 2.05. The van der Waals surface area contributed by atoms with E-state index in [1.165, 1.54) is 31.4 Å². The summed E-state index contributed by atoms with van der Waals surface area (Å²) < 4.78 is 4.59. The second-order valence-corrected chi connectivity index (χ2v) is 3.26. The van der Waals surface area contributed by atoms with Gasteiger partial charge in [-0.15, -0.1) is 0 Å². The highest BCUT2D eigenvalue weighted by molar-refractivity contribution is 5.95. The van der Waals surface area contributed by atoms with E-state index in [1.54, 1.807) is 0 Å². The van der Waals surface area contributed by atoms with Crippen LogP contribution in [0.1, 0.15) is 23.1 Å². The summed E-state index contributed by atoms with van der Waals surface area (Å²) in [5, 5.41) is 0. The highest BCUT2D eigenvalue weighted by atomic mass is 16.6. The normalized spacial score (nSPS) is 9.69. The van der Waals surface area contributed by atoms with Crippen molar-refractivity contribution in [1.82, 2.24) is 14.9 Å². The van der Waals surface area contributed by atoms with E-state index >= 15 is 0 Å². The van der Waals surface area contributed by atoms with Gasteiger partial charge < -0.3 is 9.64 Å². The van der Waals surface area contributed by atoms with E-state index in [0.717, 1.165) is 0 Å². The third-order valence-corrected chi connectivity index (χ3v) is 1.85. The van der Waals surface area contributed by atoms with Gasteiger partial charge in [0.05, 0.1) is 5.69 Å². The van der Waals surface area contributed by atoms with Crippen molar-refractivity contribution < 1.29 is 14.3 Å². The monoisotopic (exact) mass is 223 g/mol. The number of carbonyl (C=O) groups excluding carboxylic acids is 2. The number of hydrogen-bond donors (Lipinski definition) is 0. The molecule has 16 heavy (non-hydrogen) atoms. The molecule has 0 radical (unpaired) electrons. The molecular formula is C10H13N3O3. The lowest BCUT2D eigenvalue weighted by Crippen LogP contribution is -2.26. The first-order valence-corrected chi connectivity index (χ1v) is 4.79. The standard InChI is InChI=1S/C10H13N3O3/c1-4-7-8(12-6-5-11-7)9(14)16-10(15)13(2)3/h5-6H,4H2,1-3H3. The third-order valence-electron chi connectivity index (χ3n) is 1.85. The molecule has 0 aromatic carbocycles. The van der Waals surface area contributed by atoms with Gasteiger partial charge in [0.25, 0.3) is 0 Å². The topological polar surface area (TPSA) is 72.4 Å². The summed E-state index contributed by atoms with van der Waals surface area (Å²) in [7, 11) is 2.99. The number of aryl methyl sites for hydroxylation is 1. The molecule has 0 N–H and O–H groups in total. The van der Waals surface area contributed by atoms with Crippen molar-refractivity contribution in [2.45, 2.75) is 13.3 Å². The van der Waals surface area contributed by atoms with Crippen LogP contribution in [0.2, 0.25) is 0 Å². The van der Waals surface area contributed by atoms with Gasteiger partial charge in [0.15, 0.2) is 5.69 Å². The van der Waals surface area contributed by atoms with Crippen LogP contribution in [0.25, 0.3) is 0 Å². The van der Waals surface area contributed by atoms with E-state index in [4.69, 9.17) is 0 Å². The number of amides is 1. The average molecular weight is 223 g/mol. The average Bonchev–Trinajstić information content (AvgIpc) is 2.28. The number of hydrogen-bond acceptors (Lipinski definition) is 5. The van der Waals surface area contributed by atoms with Crippen LogP contribution in [0.3, 0.4) is 0 Å². The van der Waals surface area contributed by atoms with Crippen molar-refractivity contribution in [3.05, 3.63) is 23.8 Å². The van der Waals surface area contributed by atoms with Crippen LogP contribution in [0.4, 0.5) is 4.79 Å². The maximum absolute atomic E-state index is 11.6. The van der Waals surface area contributed by atoms with Gasteiger partial charge in [-0.25, -0.2) is 14.6 Å². The lowest BCUT2D eigenvalue weighted by Gasteiger charge is -2.09. The Bertz CT molecular complexity index is 404. The Morgan fingerprint density at radius 3 is 2.50 bits per heavy atom. The Balaban J connectivity index is 2.84. The minimum Gasteiger partial charge on any atom is -0.371 e. The predicted octanol–water partition coefficient (Wildman–Crippen LogP) is 0.877. The number of esters is 1. The molecule has 0 spiro atoms. The second-order valence-electron chi connectivity index (χ2n) is 3.26. The first kappa shape index (κ1) is 12.1. The Labute approximate surface area is 93.3 Å². The van der Waals surface area contributed by atoms with Crippen LogP contribution in [0.5, 0.6) is 0 Å². The number of ether oxygens (including phenoxy) is 1. The van der Waals surface area contributed by atoms with Crippen LogP contribution in [-0.2, 0) is 11.2 Å². The van der Waals surface area contributed by atoms with Gasteiger partial charge in [0.1, 0.15) is 0 Å². The Morgan fingerprint density at radius 1 is 1.31 bits per heavy atom. The number of carbonyl (C=O) groups is 2. The number of nitrogens with zero attached hydrogens (tertiary/aromatic N) is 3. The molecule has 86 valence electrons. The zero-order valence-corrected chi connectivity index (χ0v) is 9.43. The largest absolute Gasteiger partial charge is 0.417 e. The van der Waals surface area contributed by atoms with Crippen LogP contribution >= 0.6 is 0 Å². The maximum atomic E-state index is 11.6. The summed E-state index contributed by atoms with van der Waals surface area (Å²) in [6.45, 7) is 1.84. The summed E-state index contributed by atoms with van der Waals surface area (Å²) in [5.41, 5.74) is 0.597. The molecule has 1 rings (SSSR count). The Kier molecular flexibility index (Phi) is 3.93. The fourth-order valence-corrected chi connectivity index (χ4v) is 1.02. The summed E-state index contributed by atoms with van der Waals surface area (Å²) >= 11 is 0. The van der Waals surface area contributed by atoms with E-state index in [-0.39, 0.29) is 5.69 Å². The maximum Gasteiger partial charge on any atom is 0.417 e. The molecule has 6 nitrogen and oxygen atoms in total. The van der Waals surface area contributed by atoms with Crippen molar-refractivity contribution in [2.75, 3.05) is 14.1 Å². The van der Waals surface area contributed by atoms with Crippen molar-refractivity contribution in [3.8, 4) is 0 Å². The lowest BCUT2D eigenvalue weighted by atomic mass is 10.2. The molecule has 1 heterocycles. The van der Waals surface area contributed by atoms with Gasteiger partial charge in [-0.05, 0) is 6.42 Å². The zero-order valence-electron chi connectivity index (χ0n) is 9.43. The molecule has 0 saturated carbocycles. The van der Waals surface area contributed by atoms with Crippen molar-refractivity contribution in [1.29, 1.82) is 0 Å². The zero-order chi connectivity index (χ0) is 12.1. The van der Waals surface area contributed by atoms with Crippen LogP contribution in [0.15, 0.2) is 12.4 Å². The molecule has 0 unspecified atom stereocenters. The predicted molar refractivity (Wildman–Crippen MR) is 55.9 cm³/mol. The van der Waals surface area contributed by atoms with Crippen LogP contribution in [-0.4, -0.2) is 41.0 Å². The van der Waals surface area contributed by atoms with Crippen LogP contribution < -0.4 is 0 Å². The van der Waals surface area contributed by atoms with Gasteiger partial charge in [-0.2, -0.15) is 0 Å². The molecule has 6 heteroatoms. The molecule has 1 amide bonds. The molecule has 0 saturated heterocycles. The molecule has 0 fully saturated rings. The SMILES string of the molecule is CCc1nccnc1C(=O)OC(=O)N(C)C. The lowest BCUT2D eigenvalue weighted by molar-refractivity contribution is 0.0565. The molecule has 0 atom stereocenters. The smallest absolute Gasteiger partial charge is 0.371 e. The molecule has 0 bridgehead atoms. The Morgan fingerprint density at radius 2 is 1.94 bits per heavy atom. The van der Waals surface area contributed by atoms with Gasteiger partial charge in [0, 0.05) is 26.5 Å².